The Labute approximate surface area is 138 Å². The van der Waals surface area contributed by atoms with Gasteiger partial charge in [-0.1, -0.05) is 65.7 Å². The highest BCUT2D eigenvalue weighted by Crippen LogP contribution is 2.24. The Morgan fingerprint density at radius 2 is 1.91 bits per heavy atom. The van der Waals surface area contributed by atoms with Gasteiger partial charge in [0.2, 0.25) is 0 Å². The summed E-state index contributed by atoms with van der Waals surface area (Å²) in [5.74, 6) is -0.372. The third-order valence-corrected chi connectivity index (χ3v) is 3.77. The highest BCUT2D eigenvalue weighted by atomic mass is 35.5. The van der Waals surface area contributed by atoms with Crippen molar-refractivity contribution in [3.8, 4) is 0 Å². The molecule has 0 spiro atoms. The van der Waals surface area contributed by atoms with Gasteiger partial charge in [-0.15, -0.1) is 0 Å². The molecule has 0 aliphatic rings. The topological polar surface area (TPSA) is 50.7 Å². The van der Waals surface area contributed by atoms with Crippen molar-refractivity contribution >= 4 is 35.3 Å². The predicted octanol–water partition coefficient (Wildman–Crippen LogP) is 3.83. The second-order valence-corrected chi connectivity index (χ2v) is 5.19. The lowest BCUT2D eigenvalue weighted by molar-refractivity contribution is -0.131. The number of benzene rings is 2. The zero-order valence-electron chi connectivity index (χ0n) is 11.8. The number of hydrogen-bond donors (Lipinski definition) is 1. The Bertz CT molecular complexity index is 675. The van der Waals surface area contributed by atoms with E-state index >= 15 is 0 Å². The van der Waals surface area contributed by atoms with Crippen LogP contribution in [-0.2, 0) is 9.53 Å². The fourth-order valence-electron chi connectivity index (χ4n) is 1.87. The third-order valence-electron chi connectivity index (χ3n) is 2.94. The summed E-state index contributed by atoms with van der Waals surface area (Å²) in [6.45, 7) is 0. The summed E-state index contributed by atoms with van der Waals surface area (Å²) in [5.41, 5.74) is 3.79. The molecule has 0 heterocycles. The number of carbonyl (C=O) groups excluding carboxylic acids is 1. The van der Waals surface area contributed by atoms with Gasteiger partial charge in [-0.2, -0.15) is 5.10 Å². The molecule has 0 aromatic heterocycles. The van der Waals surface area contributed by atoms with Gasteiger partial charge in [0.05, 0.1) is 16.3 Å². The van der Waals surface area contributed by atoms with Crippen molar-refractivity contribution in [1.29, 1.82) is 0 Å². The van der Waals surface area contributed by atoms with E-state index in [1.807, 2.05) is 30.3 Å². The summed E-state index contributed by atoms with van der Waals surface area (Å²) in [5, 5.41) is 4.70. The van der Waals surface area contributed by atoms with Gasteiger partial charge < -0.3 is 4.74 Å². The van der Waals surface area contributed by atoms with E-state index in [9.17, 15) is 4.79 Å². The highest BCUT2D eigenvalue weighted by Gasteiger charge is 2.19. The third kappa shape index (κ3) is 4.07. The maximum absolute atomic E-state index is 12.1. The van der Waals surface area contributed by atoms with Crippen molar-refractivity contribution in [2.24, 2.45) is 5.10 Å². The van der Waals surface area contributed by atoms with Crippen molar-refractivity contribution in [2.75, 3.05) is 7.11 Å². The lowest BCUT2D eigenvalue weighted by Crippen LogP contribution is -2.26. The summed E-state index contributed by atoms with van der Waals surface area (Å²) in [6, 6.07) is 14.3. The molecule has 0 aliphatic heterocycles. The SMILES string of the molecule is COC(C(=O)N/N=C/c1cccc(Cl)c1Cl)c1ccccc1. The van der Waals surface area contributed by atoms with E-state index in [0.29, 0.717) is 15.6 Å². The minimum atomic E-state index is -0.729. The molecule has 2 aromatic carbocycles. The average Bonchev–Trinajstić information content (AvgIpc) is 2.53. The maximum Gasteiger partial charge on any atom is 0.273 e. The molecule has 114 valence electrons. The fourth-order valence-corrected chi connectivity index (χ4v) is 2.22. The van der Waals surface area contributed by atoms with Crippen LogP contribution in [-0.4, -0.2) is 19.2 Å². The summed E-state index contributed by atoms with van der Waals surface area (Å²) < 4.78 is 5.21. The second-order valence-electron chi connectivity index (χ2n) is 4.40. The number of halogens is 2. The van der Waals surface area contributed by atoms with E-state index in [-0.39, 0.29) is 5.91 Å². The van der Waals surface area contributed by atoms with Crippen LogP contribution in [0.2, 0.25) is 10.0 Å². The number of hydrogen-bond acceptors (Lipinski definition) is 3. The molecule has 1 unspecified atom stereocenters. The quantitative estimate of drug-likeness (QED) is 0.666. The van der Waals surface area contributed by atoms with Crippen molar-refractivity contribution in [3.63, 3.8) is 0 Å². The normalized spacial score (nSPS) is 12.3. The molecular weight excluding hydrogens is 323 g/mol. The lowest BCUT2D eigenvalue weighted by Gasteiger charge is -2.13. The van der Waals surface area contributed by atoms with E-state index in [0.717, 1.165) is 5.56 Å². The molecule has 1 atom stereocenters. The zero-order chi connectivity index (χ0) is 15.9. The van der Waals surface area contributed by atoms with E-state index in [2.05, 4.69) is 10.5 Å². The molecule has 0 saturated carbocycles. The van der Waals surface area contributed by atoms with E-state index in [1.165, 1.54) is 13.3 Å². The Morgan fingerprint density at radius 1 is 1.18 bits per heavy atom. The minimum absolute atomic E-state index is 0.372. The van der Waals surface area contributed by atoms with Crippen LogP contribution in [0.3, 0.4) is 0 Å². The Balaban J connectivity index is 2.05. The molecule has 22 heavy (non-hydrogen) atoms. The van der Waals surface area contributed by atoms with Gasteiger partial charge in [0, 0.05) is 12.7 Å². The molecule has 4 nitrogen and oxygen atoms in total. The van der Waals surface area contributed by atoms with Crippen molar-refractivity contribution < 1.29 is 9.53 Å². The first kappa shape index (κ1) is 16.5. The standard InChI is InChI=1S/C16H14Cl2N2O2/c1-22-15(11-6-3-2-4-7-11)16(21)20-19-10-12-8-5-9-13(17)14(12)18/h2-10,15H,1H3,(H,20,21)/b19-10+. The minimum Gasteiger partial charge on any atom is -0.367 e. The molecular formula is C16H14Cl2N2O2. The number of nitrogens with zero attached hydrogens (tertiary/aromatic N) is 1. The van der Waals surface area contributed by atoms with Crippen molar-refractivity contribution in [2.45, 2.75) is 6.10 Å². The van der Waals surface area contributed by atoms with Gasteiger partial charge in [-0.25, -0.2) is 5.43 Å². The number of carbonyl (C=O) groups is 1. The van der Waals surface area contributed by atoms with Crippen molar-refractivity contribution in [3.05, 3.63) is 69.7 Å². The summed E-state index contributed by atoms with van der Waals surface area (Å²) in [4.78, 5) is 12.1. The number of methoxy groups -OCH3 is 1. The van der Waals surface area contributed by atoms with Gasteiger partial charge in [0.1, 0.15) is 0 Å². The van der Waals surface area contributed by atoms with Crippen LogP contribution in [0.5, 0.6) is 0 Å². The van der Waals surface area contributed by atoms with Gasteiger partial charge in [-0.3, -0.25) is 4.79 Å². The van der Waals surface area contributed by atoms with Gasteiger partial charge in [-0.05, 0) is 11.6 Å². The molecule has 0 aliphatic carbocycles. The number of nitrogens with one attached hydrogen (secondary N) is 1. The summed E-state index contributed by atoms with van der Waals surface area (Å²) >= 11 is 11.9. The largest absolute Gasteiger partial charge is 0.367 e. The van der Waals surface area contributed by atoms with Crippen LogP contribution < -0.4 is 5.43 Å². The molecule has 0 radical (unpaired) electrons. The lowest BCUT2D eigenvalue weighted by atomic mass is 10.1. The van der Waals surface area contributed by atoms with E-state index < -0.39 is 6.10 Å². The zero-order valence-corrected chi connectivity index (χ0v) is 13.3. The Morgan fingerprint density at radius 3 is 2.59 bits per heavy atom. The number of rotatable bonds is 5. The van der Waals surface area contributed by atoms with Crippen LogP contribution in [0.15, 0.2) is 53.6 Å². The number of hydrazone groups is 1. The molecule has 2 aromatic rings. The number of amides is 1. The molecule has 0 saturated heterocycles. The molecule has 2 rings (SSSR count). The van der Waals surface area contributed by atoms with Crippen LogP contribution in [0.25, 0.3) is 0 Å². The van der Waals surface area contributed by atoms with Crippen LogP contribution in [0.4, 0.5) is 0 Å². The average molecular weight is 337 g/mol. The number of ether oxygens (including phenoxy) is 1. The first-order valence-electron chi connectivity index (χ1n) is 6.48. The van der Waals surface area contributed by atoms with Gasteiger partial charge >= 0.3 is 0 Å². The maximum atomic E-state index is 12.1. The van der Waals surface area contributed by atoms with Crippen LogP contribution in [0.1, 0.15) is 17.2 Å². The van der Waals surface area contributed by atoms with Gasteiger partial charge in [0.15, 0.2) is 6.10 Å². The van der Waals surface area contributed by atoms with Crippen LogP contribution in [0, 0.1) is 0 Å². The predicted molar refractivity (Wildman–Crippen MR) is 88.4 cm³/mol. The Kier molecular flexibility index (Phi) is 5.95. The van der Waals surface area contributed by atoms with Gasteiger partial charge in [0.25, 0.3) is 5.91 Å². The first-order chi connectivity index (χ1) is 10.6. The van der Waals surface area contributed by atoms with E-state index in [1.54, 1.807) is 18.2 Å². The molecule has 1 amide bonds. The molecule has 6 heteroatoms. The second kappa shape index (κ2) is 7.94. The monoisotopic (exact) mass is 336 g/mol. The summed E-state index contributed by atoms with van der Waals surface area (Å²) in [7, 11) is 1.47. The fraction of sp³-hybridized carbons (Fsp3) is 0.125. The summed E-state index contributed by atoms with van der Waals surface area (Å²) in [6.07, 6.45) is 0.706. The molecule has 0 fully saturated rings. The molecule has 1 N–H and O–H groups in total. The van der Waals surface area contributed by atoms with E-state index in [4.69, 9.17) is 27.9 Å². The highest BCUT2D eigenvalue weighted by molar-refractivity contribution is 6.43. The molecule has 0 bridgehead atoms. The first-order valence-corrected chi connectivity index (χ1v) is 7.23. The van der Waals surface area contributed by atoms with Crippen molar-refractivity contribution in [1.82, 2.24) is 5.43 Å². The van der Waals surface area contributed by atoms with Crippen LogP contribution >= 0.6 is 23.2 Å². The smallest absolute Gasteiger partial charge is 0.273 e. The Hall–Kier alpha value is -1.88.